The molecule has 3 heteroatoms. The largest absolute Gasteiger partial charge is 0.465 e. The number of furan rings is 1. The SMILES string of the molecule is C[C@H](NC(=O)/C(=C/c1ccco1)c1ccccc1)c1ccc2c(c1)CCCC2. The number of hydrogen-bond acceptors (Lipinski definition) is 2. The highest BCUT2D eigenvalue weighted by Crippen LogP contribution is 2.26. The first-order valence-corrected chi connectivity index (χ1v) is 9.94. The van der Waals surface area contributed by atoms with Gasteiger partial charge in [0.1, 0.15) is 5.76 Å². The smallest absolute Gasteiger partial charge is 0.252 e. The lowest BCUT2D eigenvalue weighted by molar-refractivity contribution is -0.116. The highest BCUT2D eigenvalue weighted by atomic mass is 16.3. The van der Waals surface area contributed by atoms with Crippen LogP contribution in [0.3, 0.4) is 0 Å². The van der Waals surface area contributed by atoms with E-state index in [1.54, 1.807) is 12.3 Å². The van der Waals surface area contributed by atoms with Gasteiger partial charge < -0.3 is 9.73 Å². The van der Waals surface area contributed by atoms with E-state index in [2.05, 4.69) is 23.5 Å². The van der Waals surface area contributed by atoms with Crippen LogP contribution >= 0.6 is 0 Å². The average molecular weight is 371 g/mol. The average Bonchev–Trinajstić information content (AvgIpc) is 3.25. The lowest BCUT2D eigenvalue weighted by Crippen LogP contribution is -2.27. The van der Waals surface area contributed by atoms with E-state index in [4.69, 9.17) is 4.42 Å². The van der Waals surface area contributed by atoms with Crippen molar-refractivity contribution in [3.63, 3.8) is 0 Å². The number of nitrogens with one attached hydrogen (secondary N) is 1. The molecule has 0 saturated heterocycles. The van der Waals surface area contributed by atoms with Gasteiger partial charge in [-0.1, -0.05) is 48.5 Å². The Morgan fingerprint density at radius 2 is 1.79 bits per heavy atom. The third-order valence-corrected chi connectivity index (χ3v) is 5.38. The molecule has 2 aromatic carbocycles. The van der Waals surface area contributed by atoms with Crippen LogP contribution in [0.5, 0.6) is 0 Å². The molecule has 1 N–H and O–H groups in total. The lowest BCUT2D eigenvalue weighted by Gasteiger charge is -2.20. The molecule has 1 aromatic heterocycles. The first-order chi connectivity index (χ1) is 13.7. The second-order valence-corrected chi connectivity index (χ2v) is 7.37. The van der Waals surface area contributed by atoms with Gasteiger partial charge in [-0.25, -0.2) is 0 Å². The maximum absolute atomic E-state index is 13.1. The van der Waals surface area contributed by atoms with Gasteiger partial charge in [0.15, 0.2) is 0 Å². The van der Waals surface area contributed by atoms with Crippen molar-refractivity contribution in [2.45, 2.75) is 38.6 Å². The van der Waals surface area contributed by atoms with Gasteiger partial charge in [-0.2, -0.15) is 0 Å². The normalized spacial score (nSPS) is 15.0. The molecule has 28 heavy (non-hydrogen) atoms. The van der Waals surface area contributed by atoms with E-state index >= 15 is 0 Å². The van der Waals surface area contributed by atoms with Crippen molar-refractivity contribution < 1.29 is 9.21 Å². The first-order valence-electron chi connectivity index (χ1n) is 9.94. The number of hydrogen-bond donors (Lipinski definition) is 1. The summed E-state index contributed by atoms with van der Waals surface area (Å²) in [5.41, 5.74) is 5.50. The molecule has 1 aliphatic carbocycles. The van der Waals surface area contributed by atoms with Crippen LogP contribution in [0.25, 0.3) is 11.6 Å². The predicted octanol–water partition coefficient (Wildman–Crippen LogP) is 5.58. The van der Waals surface area contributed by atoms with E-state index in [-0.39, 0.29) is 11.9 Å². The van der Waals surface area contributed by atoms with Crippen LogP contribution in [0.15, 0.2) is 71.3 Å². The Morgan fingerprint density at radius 3 is 2.54 bits per heavy atom. The third-order valence-electron chi connectivity index (χ3n) is 5.38. The summed E-state index contributed by atoms with van der Waals surface area (Å²) in [5, 5.41) is 3.17. The molecule has 0 saturated carbocycles. The van der Waals surface area contributed by atoms with Crippen LogP contribution in [0, 0.1) is 0 Å². The number of carbonyl (C=O) groups excluding carboxylic acids is 1. The quantitative estimate of drug-likeness (QED) is 0.595. The fourth-order valence-electron chi connectivity index (χ4n) is 3.79. The molecular weight excluding hydrogens is 346 g/mol. The Bertz CT molecular complexity index is 971. The molecule has 0 radical (unpaired) electrons. The zero-order valence-corrected chi connectivity index (χ0v) is 16.2. The summed E-state index contributed by atoms with van der Waals surface area (Å²) in [7, 11) is 0. The fraction of sp³-hybridized carbons (Fsp3) is 0.240. The van der Waals surface area contributed by atoms with Crippen LogP contribution in [-0.4, -0.2) is 5.91 Å². The van der Waals surface area contributed by atoms with Gasteiger partial charge >= 0.3 is 0 Å². The van der Waals surface area contributed by atoms with Crippen LogP contribution in [-0.2, 0) is 17.6 Å². The predicted molar refractivity (Wildman–Crippen MR) is 113 cm³/mol. The Kier molecular flexibility index (Phi) is 5.43. The Balaban J connectivity index is 1.57. The van der Waals surface area contributed by atoms with Gasteiger partial charge in [0, 0.05) is 0 Å². The molecular formula is C25H25NO2. The second kappa shape index (κ2) is 8.30. The molecule has 3 nitrogen and oxygen atoms in total. The molecule has 0 spiro atoms. The van der Waals surface area contributed by atoms with Crippen LogP contribution in [0.2, 0.25) is 0 Å². The van der Waals surface area contributed by atoms with Crippen LogP contribution in [0.1, 0.15) is 53.8 Å². The van der Waals surface area contributed by atoms with Crippen molar-refractivity contribution >= 4 is 17.6 Å². The van der Waals surface area contributed by atoms with E-state index < -0.39 is 0 Å². The molecule has 0 aliphatic heterocycles. The number of aryl methyl sites for hydroxylation is 2. The molecule has 0 unspecified atom stereocenters. The van der Waals surface area contributed by atoms with Gasteiger partial charge in [-0.15, -0.1) is 0 Å². The van der Waals surface area contributed by atoms with Crippen molar-refractivity contribution in [2.24, 2.45) is 0 Å². The minimum absolute atomic E-state index is 0.0663. The van der Waals surface area contributed by atoms with E-state index in [1.165, 1.54) is 30.4 Å². The summed E-state index contributed by atoms with van der Waals surface area (Å²) in [6, 6.07) is 19.9. The second-order valence-electron chi connectivity index (χ2n) is 7.37. The monoisotopic (exact) mass is 371 g/mol. The van der Waals surface area contributed by atoms with Gasteiger partial charge in [0.25, 0.3) is 5.91 Å². The molecule has 0 bridgehead atoms. The summed E-state index contributed by atoms with van der Waals surface area (Å²) in [6.45, 7) is 2.04. The van der Waals surface area contributed by atoms with E-state index in [0.717, 1.165) is 17.5 Å². The molecule has 4 rings (SSSR count). The summed E-state index contributed by atoms with van der Waals surface area (Å²) < 4.78 is 5.43. The van der Waals surface area contributed by atoms with Crippen molar-refractivity contribution in [3.8, 4) is 0 Å². The maximum atomic E-state index is 13.1. The number of amides is 1. The van der Waals surface area contributed by atoms with Crippen molar-refractivity contribution in [2.75, 3.05) is 0 Å². The number of fused-ring (bicyclic) bond motifs is 1. The molecule has 1 amide bonds. The number of benzene rings is 2. The van der Waals surface area contributed by atoms with Crippen molar-refractivity contribution in [3.05, 3.63) is 94.9 Å². The molecule has 1 atom stereocenters. The standard InChI is InChI=1S/C25H25NO2/c1-18(21-14-13-19-8-5-6-11-22(19)16-21)26-25(27)24(17-23-12-7-15-28-23)20-9-3-2-4-10-20/h2-4,7,9-10,12-18H,5-6,8,11H2,1H3,(H,26,27)/b24-17+/t18-/m0/s1. The van der Waals surface area contributed by atoms with Gasteiger partial charge in [0.05, 0.1) is 17.9 Å². The number of carbonyl (C=O) groups is 1. The first kappa shape index (κ1) is 18.3. The van der Waals surface area contributed by atoms with Gasteiger partial charge in [0.2, 0.25) is 0 Å². The van der Waals surface area contributed by atoms with E-state index in [1.807, 2.05) is 49.4 Å². The van der Waals surface area contributed by atoms with Crippen molar-refractivity contribution in [1.29, 1.82) is 0 Å². The highest BCUT2D eigenvalue weighted by molar-refractivity contribution is 6.24. The highest BCUT2D eigenvalue weighted by Gasteiger charge is 2.18. The summed E-state index contributed by atoms with van der Waals surface area (Å²) in [6.07, 6.45) is 8.24. The number of rotatable bonds is 5. The minimum Gasteiger partial charge on any atom is -0.465 e. The topological polar surface area (TPSA) is 42.2 Å². The van der Waals surface area contributed by atoms with E-state index in [9.17, 15) is 4.79 Å². The zero-order valence-electron chi connectivity index (χ0n) is 16.2. The zero-order chi connectivity index (χ0) is 19.3. The van der Waals surface area contributed by atoms with Crippen LogP contribution in [0.4, 0.5) is 0 Å². The van der Waals surface area contributed by atoms with E-state index in [0.29, 0.717) is 11.3 Å². The Morgan fingerprint density at radius 1 is 1.00 bits per heavy atom. The van der Waals surface area contributed by atoms with Gasteiger partial charge in [-0.05, 0) is 73.1 Å². The fourth-order valence-corrected chi connectivity index (χ4v) is 3.79. The van der Waals surface area contributed by atoms with Crippen molar-refractivity contribution in [1.82, 2.24) is 5.32 Å². The molecule has 1 heterocycles. The molecule has 0 fully saturated rings. The molecule has 3 aromatic rings. The summed E-state index contributed by atoms with van der Waals surface area (Å²) in [5.74, 6) is 0.559. The van der Waals surface area contributed by atoms with Crippen LogP contribution < -0.4 is 5.32 Å². The maximum Gasteiger partial charge on any atom is 0.252 e. The Hall–Kier alpha value is -3.07. The Labute approximate surface area is 166 Å². The molecule has 1 aliphatic rings. The lowest BCUT2D eigenvalue weighted by atomic mass is 9.89. The minimum atomic E-state index is -0.104. The summed E-state index contributed by atoms with van der Waals surface area (Å²) >= 11 is 0. The molecule has 142 valence electrons. The summed E-state index contributed by atoms with van der Waals surface area (Å²) in [4.78, 5) is 13.1. The van der Waals surface area contributed by atoms with Gasteiger partial charge in [-0.3, -0.25) is 4.79 Å². The third kappa shape index (κ3) is 4.09.